The number of rotatable bonds is 7. The first kappa shape index (κ1) is 20.9. The van der Waals surface area contributed by atoms with Crippen molar-refractivity contribution in [2.24, 2.45) is 0 Å². The van der Waals surface area contributed by atoms with Crippen LogP contribution in [0.25, 0.3) is 0 Å². The van der Waals surface area contributed by atoms with E-state index in [1.54, 1.807) is 6.07 Å². The van der Waals surface area contributed by atoms with Gasteiger partial charge in [0.2, 0.25) is 5.78 Å². The van der Waals surface area contributed by atoms with Crippen LogP contribution in [0, 0.1) is 5.82 Å². The molecule has 0 fully saturated rings. The zero-order valence-electron chi connectivity index (χ0n) is 11.5. The van der Waals surface area contributed by atoms with Gasteiger partial charge >= 0.3 is 7.25 Å². The van der Waals surface area contributed by atoms with E-state index in [0.29, 0.717) is 11.5 Å². The molecule has 0 aliphatic carbocycles. The second-order valence-corrected chi connectivity index (χ2v) is 6.34. The Bertz CT molecular complexity index is 447. The van der Waals surface area contributed by atoms with Crippen LogP contribution in [0.2, 0.25) is 0 Å². The minimum Gasteiger partial charge on any atom is -0.418 e. The fourth-order valence-electron chi connectivity index (χ4n) is 1.46. The third-order valence-electron chi connectivity index (χ3n) is 2.27. The molecule has 0 aliphatic rings. The third kappa shape index (κ3) is 10.6. The molecule has 0 aromatic heterocycles. The van der Waals surface area contributed by atoms with Crippen LogP contribution in [-0.2, 0) is 10.9 Å². The number of hydrogen-bond acceptors (Lipinski definition) is 3. The van der Waals surface area contributed by atoms with Crippen molar-refractivity contribution in [1.82, 2.24) is 0 Å². The van der Waals surface area contributed by atoms with E-state index in [4.69, 9.17) is 10.2 Å². The van der Waals surface area contributed by atoms with Crippen LogP contribution in [0.15, 0.2) is 24.3 Å². The van der Waals surface area contributed by atoms with Gasteiger partial charge in [-0.3, -0.25) is 4.79 Å². The highest BCUT2D eigenvalue weighted by molar-refractivity contribution is 7.97. The number of hydrogen-bond donors (Lipinski definition) is 2. The maximum Gasteiger partial charge on any atom is 0.673 e. The van der Waals surface area contributed by atoms with Crippen molar-refractivity contribution in [3.8, 4) is 0 Å². The molecular formula is C12H16BF5O3S. The Balaban J connectivity index is 0.000000763. The van der Waals surface area contributed by atoms with E-state index < -0.39 is 13.1 Å². The molecule has 126 valence electrons. The first-order valence-electron chi connectivity index (χ1n) is 6.20. The average molecular weight is 346 g/mol. The van der Waals surface area contributed by atoms with Crippen molar-refractivity contribution in [2.45, 2.75) is 0 Å². The predicted molar refractivity (Wildman–Crippen MR) is 77.1 cm³/mol. The maximum absolute atomic E-state index is 13.3. The van der Waals surface area contributed by atoms with Crippen molar-refractivity contribution >= 4 is 23.9 Å². The number of ketones is 1. The third-order valence-corrected chi connectivity index (χ3v) is 4.46. The van der Waals surface area contributed by atoms with Gasteiger partial charge in [-0.2, -0.15) is 0 Å². The lowest BCUT2D eigenvalue weighted by molar-refractivity contribution is 0.101. The van der Waals surface area contributed by atoms with Gasteiger partial charge in [-0.15, -0.1) is 0 Å². The summed E-state index contributed by atoms with van der Waals surface area (Å²) in [6, 6.07) is 5.86. The predicted octanol–water partition coefficient (Wildman–Crippen LogP) is 1.91. The highest BCUT2D eigenvalue weighted by atomic mass is 32.2. The highest BCUT2D eigenvalue weighted by Crippen LogP contribution is 2.10. The monoisotopic (exact) mass is 346 g/mol. The lowest BCUT2D eigenvalue weighted by Crippen LogP contribution is -2.26. The molecule has 0 heterocycles. The summed E-state index contributed by atoms with van der Waals surface area (Å²) in [6.45, 7) is -0.0404. The number of benzene rings is 1. The number of Topliss-reactive ketones (excluding diaryl/α,β-unsaturated/α-hetero) is 1. The fraction of sp³-hybridized carbons (Fsp3) is 0.417. The molecule has 0 saturated carbocycles. The molecule has 0 aliphatic heterocycles. The Labute approximate surface area is 127 Å². The van der Waals surface area contributed by atoms with Gasteiger partial charge in [-0.1, -0.05) is 12.1 Å². The van der Waals surface area contributed by atoms with Crippen LogP contribution < -0.4 is 0 Å². The van der Waals surface area contributed by atoms with Crippen LogP contribution >= 0.6 is 0 Å². The van der Waals surface area contributed by atoms with Crippen LogP contribution in [0.1, 0.15) is 10.4 Å². The first-order valence-corrected chi connectivity index (χ1v) is 7.93. The Hall–Kier alpha value is -1.13. The minimum atomic E-state index is -6.00. The molecule has 1 aromatic rings. The van der Waals surface area contributed by atoms with Crippen LogP contribution in [0.3, 0.4) is 0 Å². The van der Waals surface area contributed by atoms with Crippen molar-refractivity contribution in [3.63, 3.8) is 0 Å². The topological polar surface area (TPSA) is 57.5 Å². The van der Waals surface area contributed by atoms with E-state index in [0.717, 1.165) is 0 Å². The summed E-state index contributed by atoms with van der Waals surface area (Å²) >= 11 is 0. The van der Waals surface area contributed by atoms with Crippen molar-refractivity contribution in [2.75, 3.05) is 30.5 Å². The van der Waals surface area contributed by atoms with Gasteiger partial charge in [0.15, 0.2) is 5.75 Å². The molecule has 0 saturated heterocycles. The van der Waals surface area contributed by atoms with Crippen molar-refractivity contribution in [3.05, 3.63) is 35.6 Å². The highest BCUT2D eigenvalue weighted by Gasteiger charge is 2.24. The Morgan fingerprint density at radius 3 is 1.91 bits per heavy atom. The number of aliphatic hydroxyl groups excluding tert-OH is 2. The lowest BCUT2D eigenvalue weighted by Gasteiger charge is -2.06. The van der Waals surface area contributed by atoms with E-state index in [1.807, 2.05) is 0 Å². The molecule has 0 bridgehead atoms. The molecule has 0 radical (unpaired) electrons. The SMILES string of the molecule is F[B-](F)(F)F.O=C(C[S+](CCO)CCO)c1ccccc1F. The minimum absolute atomic E-state index is 0.0202. The summed E-state index contributed by atoms with van der Waals surface area (Å²) in [5.74, 6) is 0.339. The standard InChI is InChI=1S/C12H16FO3S.BF4/c13-11-4-2-1-3-10(11)12(16)9-17(7-5-14)8-6-15;2-1(3,4)5/h1-4,14-15H,5-9H2;/q+1;-1. The second-order valence-electron chi connectivity index (χ2n) is 4.01. The number of aliphatic hydroxyl groups is 2. The molecule has 0 amide bonds. The Morgan fingerprint density at radius 1 is 1.05 bits per heavy atom. The number of halogens is 5. The molecule has 10 heteroatoms. The van der Waals surface area contributed by atoms with Gasteiger partial charge < -0.3 is 27.5 Å². The second kappa shape index (κ2) is 10.6. The first-order chi connectivity index (χ1) is 10.2. The Morgan fingerprint density at radius 2 is 1.50 bits per heavy atom. The van der Waals surface area contributed by atoms with Crippen molar-refractivity contribution < 1.29 is 36.7 Å². The summed E-state index contributed by atoms with van der Waals surface area (Å²) in [7, 11) is -6.38. The largest absolute Gasteiger partial charge is 0.673 e. The lowest BCUT2D eigenvalue weighted by atomic mass is 10.1. The van der Waals surface area contributed by atoms with Gasteiger partial charge in [0.25, 0.3) is 0 Å². The summed E-state index contributed by atoms with van der Waals surface area (Å²) in [5, 5.41) is 17.7. The van der Waals surface area contributed by atoms with Crippen molar-refractivity contribution in [1.29, 1.82) is 0 Å². The van der Waals surface area contributed by atoms with E-state index >= 15 is 0 Å². The van der Waals surface area contributed by atoms with Gasteiger partial charge in [0.05, 0.1) is 18.8 Å². The zero-order chi connectivity index (χ0) is 17.2. The van der Waals surface area contributed by atoms with Crippen LogP contribution in [-0.4, -0.2) is 53.7 Å². The summed E-state index contributed by atoms with van der Waals surface area (Å²) in [6.07, 6.45) is 0. The van der Waals surface area contributed by atoms with E-state index in [-0.39, 0.29) is 41.2 Å². The summed E-state index contributed by atoms with van der Waals surface area (Å²) in [4.78, 5) is 11.8. The normalized spacial score (nSPS) is 11.1. The quantitative estimate of drug-likeness (QED) is 0.343. The van der Waals surface area contributed by atoms with Gasteiger partial charge in [0.1, 0.15) is 17.3 Å². The Kier molecular flexibility index (Phi) is 10.0. The molecule has 3 nitrogen and oxygen atoms in total. The molecule has 2 N–H and O–H groups in total. The van der Waals surface area contributed by atoms with Gasteiger partial charge in [0, 0.05) is 10.9 Å². The molecule has 22 heavy (non-hydrogen) atoms. The molecule has 0 unspecified atom stereocenters. The molecule has 0 spiro atoms. The fourth-order valence-corrected chi connectivity index (χ4v) is 2.99. The molecule has 0 atom stereocenters. The smallest absolute Gasteiger partial charge is 0.418 e. The summed E-state index contributed by atoms with van der Waals surface area (Å²) < 4.78 is 52.3. The summed E-state index contributed by atoms with van der Waals surface area (Å²) in [5.41, 5.74) is 0.0841. The molecule has 1 aromatic carbocycles. The van der Waals surface area contributed by atoms with Gasteiger partial charge in [-0.25, -0.2) is 4.39 Å². The number of carbonyl (C=O) groups excluding carboxylic acids is 1. The van der Waals surface area contributed by atoms with Gasteiger partial charge in [-0.05, 0) is 12.1 Å². The maximum atomic E-state index is 13.3. The van der Waals surface area contributed by atoms with E-state index in [1.165, 1.54) is 18.2 Å². The average Bonchev–Trinajstić information content (AvgIpc) is 2.37. The number of carbonyl (C=O) groups is 1. The van der Waals surface area contributed by atoms with Crippen LogP contribution in [0.4, 0.5) is 21.7 Å². The van der Waals surface area contributed by atoms with E-state index in [9.17, 15) is 26.4 Å². The molecular weight excluding hydrogens is 330 g/mol. The van der Waals surface area contributed by atoms with E-state index in [2.05, 4.69) is 0 Å². The molecule has 1 rings (SSSR count). The van der Waals surface area contributed by atoms with Crippen LogP contribution in [0.5, 0.6) is 0 Å². The zero-order valence-corrected chi connectivity index (χ0v) is 12.3.